The van der Waals surface area contributed by atoms with E-state index < -0.39 is 59.6 Å². The Hall–Kier alpha value is -5.59. The van der Waals surface area contributed by atoms with Gasteiger partial charge in [0.25, 0.3) is 0 Å². The van der Waals surface area contributed by atoms with Crippen LogP contribution in [0.2, 0.25) is 0 Å². The van der Waals surface area contributed by atoms with Crippen molar-refractivity contribution in [3.05, 3.63) is 89.5 Å². The van der Waals surface area contributed by atoms with E-state index in [0.717, 1.165) is 22.3 Å². The largest absolute Gasteiger partial charge is 0.488 e. The monoisotopic (exact) mass is 715 g/mol. The molecule has 0 radical (unpaired) electrons. The van der Waals surface area contributed by atoms with Gasteiger partial charge in [-0.2, -0.15) is 0 Å². The van der Waals surface area contributed by atoms with Gasteiger partial charge >= 0.3 is 18.1 Å². The number of carbonyl (C=O) groups is 5. The smallest absolute Gasteiger partial charge is 0.407 e. The van der Waals surface area contributed by atoms with Crippen molar-refractivity contribution >= 4 is 29.9 Å². The number of nitrogens with one attached hydrogen (secondary N) is 4. The highest BCUT2D eigenvalue weighted by Crippen LogP contribution is 2.44. The van der Waals surface area contributed by atoms with Crippen LogP contribution in [0.3, 0.4) is 0 Å². The molecule has 3 aromatic rings. The average Bonchev–Trinajstić information content (AvgIpc) is 3.40. The summed E-state index contributed by atoms with van der Waals surface area (Å²) in [5.41, 5.74) is 9.65. The van der Waals surface area contributed by atoms with Gasteiger partial charge in [0.1, 0.15) is 36.1 Å². The van der Waals surface area contributed by atoms with Gasteiger partial charge in [-0.15, -0.1) is 0 Å². The minimum absolute atomic E-state index is 0.0290. The second-order valence-electron chi connectivity index (χ2n) is 14.1. The van der Waals surface area contributed by atoms with E-state index in [2.05, 4.69) is 21.3 Å². The lowest BCUT2D eigenvalue weighted by Crippen LogP contribution is -2.57. The lowest BCUT2D eigenvalue weighted by molar-refractivity contribution is -0.142. The summed E-state index contributed by atoms with van der Waals surface area (Å²) in [4.78, 5) is 63.7. The lowest BCUT2D eigenvalue weighted by atomic mass is 9.98. The van der Waals surface area contributed by atoms with Crippen LogP contribution in [-0.2, 0) is 25.5 Å². The fourth-order valence-corrected chi connectivity index (χ4v) is 6.11. The SMILES string of the molecule is CC(C)[C@H](NC(=O)OCC1c2ccccc2-c2ccccc21)C(=O)N[C@@H](CCCNC(N)=O)C(=O)N[C@@H](Cc1ccc(OC(C)(C)C)cc1)C(=O)O. The normalized spacial score (nSPS) is 13.9. The Morgan fingerprint density at radius 3 is 1.92 bits per heavy atom. The number of ether oxygens (including phenoxy) is 2. The topological polar surface area (TPSA) is 198 Å². The van der Waals surface area contributed by atoms with Gasteiger partial charge in [0, 0.05) is 18.9 Å². The number of aliphatic carboxylic acids is 1. The minimum atomic E-state index is -1.31. The summed E-state index contributed by atoms with van der Waals surface area (Å²) in [6, 6.07) is 18.4. The van der Waals surface area contributed by atoms with Crippen LogP contribution in [0.1, 0.15) is 70.1 Å². The van der Waals surface area contributed by atoms with Gasteiger partial charge in [0.05, 0.1) is 0 Å². The Balaban J connectivity index is 1.41. The fourth-order valence-electron chi connectivity index (χ4n) is 6.11. The Labute approximate surface area is 304 Å². The van der Waals surface area contributed by atoms with Crippen LogP contribution in [-0.4, -0.2) is 71.9 Å². The molecule has 0 heterocycles. The molecule has 3 aromatic carbocycles. The van der Waals surface area contributed by atoms with Crippen LogP contribution in [0.15, 0.2) is 72.8 Å². The van der Waals surface area contributed by atoms with Gasteiger partial charge in [0.2, 0.25) is 11.8 Å². The highest BCUT2D eigenvalue weighted by Gasteiger charge is 2.33. The van der Waals surface area contributed by atoms with Gasteiger partial charge in [-0.3, -0.25) is 9.59 Å². The third-order valence-electron chi connectivity index (χ3n) is 8.57. The van der Waals surface area contributed by atoms with E-state index >= 15 is 0 Å². The van der Waals surface area contributed by atoms with Crippen molar-refractivity contribution in [2.75, 3.05) is 13.2 Å². The molecule has 4 rings (SSSR count). The molecular weight excluding hydrogens is 666 g/mol. The van der Waals surface area contributed by atoms with Crippen molar-refractivity contribution in [3.8, 4) is 16.9 Å². The van der Waals surface area contributed by atoms with Gasteiger partial charge in [-0.05, 0) is 79.5 Å². The van der Waals surface area contributed by atoms with E-state index in [-0.39, 0.29) is 38.3 Å². The van der Waals surface area contributed by atoms with Gasteiger partial charge < -0.3 is 41.6 Å². The molecule has 52 heavy (non-hydrogen) atoms. The Morgan fingerprint density at radius 2 is 1.38 bits per heavy atom. The van der Waals surface area contributed by atoms with Crippen LogP contribution < -0.4 is 31.7 Å². The zero-order chi connectivity index (χ0) is 38.0. The van der Waals surface area contributed by atoms with Crippen LogP contribution in [0.5, 0.6) is 5.75 Å². The number of rotatable bonds is 16. The Morgan fingerprint density at radius 1 is 0.808 bits per heavy atom. The molecule has 0 spiro atoms. The number of benzene rings is 3. The summed E-state index contributed by atoms with van der Waals surface area (Å²) >= 11 is 0. The minimum Gasteiger partial charge on any atom is -0.488 e. The highest BCUT2D eigenvalue weighted by molar-refractivity contribution is 5.93. The zero-order valence-corrected chi connectivity index (χ0v) is 30.2. The first-order valence-corrected chi connectivity index (χ1v) is 17.4. The molecule has 1 aliphatic carbocycles. The molecule has 13 nitrogen and oxygen atoms in total. The molecule has 0 saturated heterocycles. The van der Waals surface area contributed by atoms with Crippen molar-refractivity contribution < 1.29 is 38.6 Å². The predicted molar refractivity (Wildman–Crippen MR) is 196 cm³/mol. The number of amides is 5. The second-order valence-corrected chi connectivity index (χ2v) is 14.1. The van der Waals surface area contributed by atoms with E-state index in [1.165, 1.54) is 0 Å². The highest BCUT2D eigenvalue weighted by atomic mass is 16.5. The third-order valence-corrected chi connectivity index (χ3v) is 8.57. The van der Waals surface area contributed by atoms with Crippen molar-refractivity contribution in [3.63, 3.8) is 0 Å². The number of alkyl carbamates (subject to hydrolysis) is 1. The summed E-state index contributed by atoms with van der Waals surface area (Å²) in [5, 5.41) is 20.3. The number of carboxylic acids is 1. The van der Waals surface area contributed by atoms with Crippen molar-refractivity contribution in [2.45, 2.75) is 83.5 Å². The molecule has 0 aliphatic heterocycles. The molecule has 0 unspecified atom stereocenters. The standard InChI is InChI=1S/C39H49N5O8/c1-23(2)33(44-38(50)51-22-30-28-13-8-6-11-26(28)27-12-7-9-14-29(27)30)35(46)42-31(15-10-20-41-37(40)49)34(45)43-32(36(47)48)21-24-16-18-25(19-17-24)52-39(3,4)5/h6-9,11-14,16-19,23,30-33H,10,15,20-22H2,1-5H3,(H,42,46)(H,43,45)(H,44,50)(H,47,48)(H3,40,41,49)/t31-,32-,33-/m0/s1. The van der Waals surface area contributed by atoms with Crippen molar-refractivity contribution in [2.24, 2.45) is 11.7 Å². The van der Waals surface area contributed by atoms with Crippen LogP contribution in [0.4, 0.5) is 9.59 Å². The molecule has 3 atom stereocenters. The molecule has 0 saturated carbocycles. The average molecular weight is 716 g/mol. The lowest BCUT2D eigenvalue weighted by Gasteiger charge is -2.26. The van der Waals surface area contributed by atoms with Crippen LogP contribution >= 0.6 is 0 Å². The molecule has 278 valence electrons. The Kier molecular flexibility index (Phi) is 13.2. The molecule has 0 bridgehead atoms. The number of nitrogens with two attached hydrogens (primary N) is 1. The van der Waals surface area contributed by atoms with Gasteiger partial charge in [-0.25, -0.2) is 14.4 Å². The van der Waals surface area contributed by atoms with Gasteiger partial charge in [-0.1, -0.05) is 74.5 Å². The van der Waals surface area contributed by atoms with E-state index in [1.807, 2.05) is 69.3 Å². The molecule has 1 aliphatic rings. The molecule has 7 N–H and O–H groups in total. The predicted octanol–water partition coefficient (Wildman–Crippen LogP) is 4.47. The number of carbonyl (C=O) groups excluding carboxylic acids is 4. The second kappa shape index (κ2) is 17.6. The number of urea groups is 1. The summed E-state index contributed by atoms with van der Waals surface area (Å²) in [5.74, 6) is -2.63. The van der Waals surface area contributed by atoms with E-state index in [0.29, 0.717) is 11.3 Å². The van der Waals surface area contributed by atoms with E-state index in [9.17, 15) is 29.1 Å². The number of fused-ring (bicyclic) bond motifs is 3. The summed E-state index contributed by atoms with van der Waals surface area (Å²) in [6.45, 7) is 9.38. The number of carboxylic acid groups (broad SMARTS) is 1. The molecule has 5 amide bonds. The molecule has 0 fully saturated rings. The molecule has 13 heteroatoms. The fraction of sp³-hybridized carbons (Fsp3) is 0.410. The van der Waals surface area contributed by atoms with E-state index in [4.69, 9.17) is 15.2 Å². The zero-order valence-electron chi connectivity index (χ0n) is 30.2. The van der Waals surface area contributed by atoms with Crippen molar-refractivity contribution in [1.29, 1.82) is 0 Å². The summed E-state index contributed by atoms with van der Waals surface area (Å²) < 4.78 is 11.5. The molecular formula is C39H49N5O8. The third kappa shape index (κ3) is 11.0. The first-order chi connectivity index (χ1) is 24.6. The number of hydrogen-bond donors (Lipinski definition) is 6. The quantitative estimate of drug-likeness (QED) is 0.117. The first kappa shape index (κ1) is 39.2. The molecule has 0 aromatic heterocycles. The maximum absolute atomic E-state index is 13.6. The van der Waals surface area contributed by atoms with Gasteiger partial charge in [0.15, 0.2) is 0 Å². The first-order valence-electron chi connectivity index (χ1n) is 17.4. The number of primary amides is 1. The van der Waals surface area contributed by atoms with E-state index in [1.54, 1.807) is 38.1 Å². The summed E-state index contributed by atoms with van der Waals surface area (Å²) in [7, 11) is 0. The Bertz CT molecular complexity index is 1690. The van der Waals surface area contributed by atoms with Crippen LogP contribution in [0, 0.1) is 5.92 Å². The van der Waals surface area contributed by atoms with Crippen molar-refractivity contribution in [1.82, 2.24) is 21.3 Å². The number of hydrogen-bond acceptors (Lipinski definition) is 7. The summed E-state index contributed by atoms with van der Waals surface area (Å²) in [6.07, 6.45) is -0.551. The maximum Gasteiger partial charge on any atom is 0.407 e. The van der Waals surface area contributed by atoms with Crippen LogP contribution in [0.25, 0.3) is 11.1 Å². The maximum atomic E-state index is 13.6.